The van der Waals surface area contributed by atoms with Gasteiger partial charge in [-0.3, -0.25) is 14.6 Å². The van der Waals surface area contributed by atoms with Gasteiger partial charge in [0.2, 0.25) is 5.91 Å². The Kier molecular flexibility index (Phi) is 3.19. The Labute approximate surface area is 97.7 Å². The highest BCUT2D eigenvalue weighted by atomic mass is 32.1. The average molecular weight is 239 g/mol. The van der Waals surface area contributed by atoms with E-state index in [-0.39, 0.29) is 18.0 Å². The van der Waals surface area contributed by atoms with E-state index in [9.17, 15) is 9.59 Å². The van der Waals surface area contributed by atoms with E-state index in [0.29, 0.717) is 4.77 Å². The Morgan fingerprint density at radius 1 is 1.44 bits per heavy atom. The third kappa shape index (κ3) is 2.38. The SMILES string of the molecule is O=C(Cn1ccc(=O)[nH]c1=S)N1CCCC1. The van der Waals surface area contributed by atoms with E-state index >= 15 is 0 Å². The first kappa shape index (κ1) is 11.1. The lowest BCUT2D eigenvalue weighted by Gasteiger charge is -2.15. The molecule has 0 atom stereocenters. The van der Waals surface area contributed by atoms with Gasteiger partial charge in [0.05, 0.1) is 0 Å². The van der Waals surface area contributed by atoms with Crippen LogP contribution in [0.2, 0.25) is 0 Å². The molecule has 16 heavy (non-hydrogen) atoms. The predicted molar refractivity (Wildman–Crippen MR) is 61.7 cm³/mol. The van der Waals surface area contributed by atoms with E-state index < -0.39 is 0 Å². The van der Waals surface area contributed by atoms with Crippen LogP contribution in [-0.2, 0) is 11.3 Å². The maximum absolute atomic E-state index is 11.8. The summed E-state index contributed by atoms with van der Waals surface area (Å²) in [6, 6.07) is 1.37. The van der Waals surface area contributed by atoms with Crippen molar-refractivity contribution in [2.24, 2.45) is 0 Å². The third-order valence-electron chi connectivity index (χ3n) is 2.66. The van der Waals surface area contributed by atoms with E-state index in [1.165, 1.54) is 6.07 Å². The summed E-state index contributed by atoms with van der Waals surface area (Å²) in [5.41, 5.74) is -0.241. The van der Waals surface area contributed by atoms with Crippen LogP contribution in [-0.4, -0.2) is 33.4 Å². The van der Waals surface area contributed by atoms with Crippen LogP contribution in [0.1, 0.15) is 12.8 Å². The van der Waals surface area contributed by atoms with Gasteiger partial charge in [-0.2, -0.15) is 0 Å². The van der Waals surface area contributed by atoms with Crippen molar-refractivity contribution in [3.05, 3.63) is 27.4 Å². The van der Waals surface area contributed by atoms with Gasteiger partial charge < -0.3 is 9.47 Å². The Morgan fingerprint density at radius 3 is 2.75 bits per heavy atom. The zero-order valence-electron chi connectivity index (χ0n) is 8.81. The van der Waals surface area contributed by atoms with Gasteiger partial charge in [-0.15, -0.1) is 0 Å². The number of carbonyl (C=O) groups excluding carboxylic acids is 1. The fourth-order valence-corrected chi connectivity index (χ4v) is 2.01. The lowest BCUT2D eigenvalue weighted by atomic mass is 10.4. The molecule has 0 radical (unpaired) electrons. The molecule has 0 aromatic carbocycles. The van der Waals surface area contributed by atoms with Crippen molar-refractivity contribution in [1.29, 1.82) is 0 Å². The lowest BCUT2D eigenvalue weighted by Crippen LogP contribution is -2.31. The molecular formula is C10H13N3O2S. The minimum atomic E-state index is -0.241. The van der Waals surface area contributed by atoms with Crippen molar-refractivity contribution in [3.63, 3.8) is 0 Å². The van der Waals surface area contributed by atoms with Crippen molar-refractivity contribution >= 4 is 18.1 Å². The highest BCUT2D eigenvalue weighted by Gasteiger charge is 2.17. The van der Waals surface area contributed by atoms with Crippen LogP contribution < -0.4 is 5.56 Å². The summed E-state index contributed by atoms with van der Waals surface area (Å²) < 4.78 is 1.87. The molecule has 6 heteroatoms. The van der Waals surface area contributed by atoms with Crippen molar-refractivity contribution < 1.29 is 4.79 Å². The van der Waals surface area contributed by atoms with Crippen LogP contribution in [0.3, 0.4) is 0 Å². The van der Waals surface area contributed by atoms with Crippen molar-refractivity contribution in [3.8, 4) is 0 Å². The lowest BCUT2D eigenvalue weighted by molar-refractivity contribution is -0.130. The van der Waals surface area contributed by atoms with E-state index in [1.54, 1.807) is 10.8 Å². The second kappa shape index (κ2) is 4.61. The topological polar surface area (TPSA) is 58.1 Å². The molecular weight excluding hydrogens is 226 g/mol. The zero-order valence-corrected chi connectivity index (χ0v) is 9.63. The second-order valence-corrected chi connectivity index (χ2v) is 4.21. The minimum absolute atomic E-state index is 0.0562. The van der Waals surface area contributed by atoms with Gasteiger partial charge in [-0.1, -0.05) is 0 Å². The van der Waals surface area contributed by atoms with E-state index in [0.717, 1.165) is 25.9 Å². The van der Waals surface area contributed by atoms with Gasteiger partial charge in [-0.25, -0.2) is 0 Å². The molecule has 1 aromatic heterocycles. The molecule has 1 aliphatic rings. The molecule has 1 saturated heterocycles. The van der Waals surface area contributed by atoms with Gasteiger partial charge in [0, 0.05) is 25.4 Å². The number of aromatic amines is 1. The summed E-state index contributed by atoms with van der Waals surface area (Å²) >= 11 is 4.97. The number of amides is 1. The highest BCUT2D eigenvalue weighted by Crippen LogP contribution is 2.08. The van der Waals surface area contributed by atoms with Gasteiger partial charge in [0.25, 0.3) is 5.56 Å². The van der Waals surface area contributed by atoms with Gasteiger partial charge in [-0.05, 0) is 25.1 Å². The number of aromatic nitrogens is 2. The molecule has 0 saturated carbocycles. The van der Waals surface area contributed by atoms with Gasteiger partial charge in [0.15, 0.2) is 4.77 Å². The van der Waals surface area contributed by atoms with Crippen molar-refractivity contribution in [1.82, 2.24) is 14.5 Å². The van der Waals surface area contributed by atoms with E-state index in [2.05, 4.69) is 4.98 Å². The number of hydrogen-bond acceptors (Lipinski definition) is 3. The third-order valence-corrected chi connectivity index (χ3v) is 3.00. The molecule has 1 aromatic rings. The summed E-state index contributed by atoms with van der Waals surface area (Å²) in [4.78, 5) is 27.1. The molecule has 86 valence electrons. The predicted octanol–water partition coefficient (Wildman–Crippen LogP) is 0.528. The highest BCUT2D eigenvalue weighted by molar-refractivity contribution is 7.71. The summed E-state index contributed by atoms with van der Waals surface area (Å²) in [5.74, 6) is 0.0562. The van der Waals surface area contributed by atoms with Crippen molar-refractivity contribution in [2.75, 3.05) is 13.1 Å². The molecule has 2 rings (SSSR count). The van der Waals surface area contributed by atoms with Crippen LogP contribution in [0, 0.1) is 4.77 Å². The molecule has 0 aliphatic carbocycles. The number of carbonyl (C=O) groups is 1. The standard InChI is InChI=1S/C10H13N3O2S/c14-8-3-6-13(10(16)11-8)7-9(15)12-4-1-2-5-12/h3,6H,1-2,4-5,7H2,(H,11,14,16). The summed E-state index contributed by atoms with van der Waals surface area (Å²) in [7, 11) is 0. The smallest absolute Gasteiger partial charge is 0.251 e. The molecule has 1 aliphatic heterocycles. The fraction of sp³-hybridized carbons (Fsp3) is 0.500. The Balaban J connectivity index is 2.11. The van der Waals surface area contributed by atoms with Crippen LogP contribution in [0.15, 0.2) is 17.1 Å². The molecule has 2 heterocycles. The monoisotopic (exact) mass is 239 g/mol. The maximum Gasteiger partial charge on any atom is 0.251 e. The first-order valence-corrected chi connectivity index (χ1v) is 5.65. The molecule has 0 unspecified atom stereocenters. The van der Waals surface area contributed by atoms with Gasteiger partial charge in [0.1, 0.15) is 6.54 Å². The first-order chi connectivity index (χ1) is 7.66. The normalized spacial score (nSPS) is 15.4. The van der Waals surface area contributed by atoms with Crippen LogP contribution in [0.5, 0.6) is 0 Å². The number of hydrogen-bond donors (Lipinski definition) is 1. The van der Waals surface area contributed by atoms with Crippen molar-refractivity contribution in [2.45, 2.75) is 19.4 Å². The number of rotatable bonds is 2. The average Bonchev–Trinajstić information content (AvgIpc) is 2.75. The van der Waals surface area contributed by atoms with E-state index in [4.69, 9.17) is 12.2 Å². The number of nitrogens with zero attached hydrogens (tertiary/aromatic N) is 2. The van der Waals surface area contributed by atoms with Gasteiger partial charge >= 0.3 is 0 Å². The molecule has 1 fully saturated rings. The Hall–Kier alpha value is -1.43. The number of likely N-dealkylation sites (tertiary alicyclic amines) is 1. The summed E-state index contributed by atoms with van der Waals surface area (Å²) in [6.45, 7) is 1.86. The number of H-pyrrole nitrogens is 1. The van der Waals surface area contributed by atoms with E-state index in [1.807, 2.05) is 4.90 Å². The quantitative estimate of drug-likeness (QED) is 0.766. The molecule has 0 spiro atoms. The largest absolute Gasteiger partial charge is 0.341 e. The van der Waals surface area contributed by atoms with Crippen LogP contribution >= 0.6 is 12.2 Å². The number of nitrogens with one attached hydrogen (secondary N) is 1. The second-order valence-electron chi connectivity index (χ2n) is 3.83. The molecule has 0 bridgehead atoms. The Bertz CT molecular complexity index is 499. The molecule has 1 amide bonds. The first-order valence-electron chi connectivity index (χ1n) is 5.24. The molecule has 1 N–H and O–H groups in total. The van der Waals surface area contributed by atoms with Crippen LogP contribution in [0.4, 0.5) is 0 Å². The Morgan fingerprint density at radius 2 is 2.12 bits per heavy atom. The zero-order chi connectivity index (χ0) is 11.5. The van der Waals surface area contributed by atoms with Crippen LogP contribution in [0.25, 0.3) is 0 Å². The minimum Gasteiger partial charge on any atom is -0.341 e. The maximum atomic E-state index is 11.8. The summed E-state index contributed by atoms with van der Waals surface area (Å²) in [5, 5.41) is 0. The summed E-state index contributed by atoms with van der Waals surface area (Å²) in [6.07, 6.45) is 3.70. The molecule has 5 nitrogen and oxygen atoms in total. The fourth-order valence-electron chi connectivity index (χ4n) is 1.78.